The predicted molar refractivity (Wildman–Crippen MR) is 88.9 cm³/mol. The van der Waals surface area contributed by atoms with Gasteiger partial charge in [-0.1, -0.05) is 54.3 Å². The standard InChI is InChI=1S/C15H18N2O2S2/c1-10(18)16-12-13(19)17(14(20)21-15(12,2)3)9-11-7-5-4-6-8-11/h4-8,12H,9H2,1-3H3,(H,16,18). The van der Waals surface area contributed by atoms with Crippen LogP contribution in [-0.4, -0.2) is 31.8 Å². The Bertz CT molecular complexity index is 572. The lowest BCUT2D eigenvalue weighted by Crippen LogP contribution is -2.61. The maximum atomic E-state index is 12.7. The summed E-state index contributed by atoms with van der Waals surface area (Å²) in [5, 5.41) is 2.75. The molecule has 112 valence electrons. The molecule has 0 aliphatic carbocycles. The number of hydrogen-bond donors (Lipinski definition) is 1. The molecular formula is C15H18N2O2S2. The van der Waals surface area contributed by atoms with Crippen molar-refractivity contribution in [2.75, 3.05) is 0 Å². The van der Waals surface area contributed by atoms with Gasteiger partial charge in [-0.2, -0.15) is 0 Å². The Labute approximate surface area is 134 Å². The summed E-state index contributed by atoms with van der Waals surface area (Å²) in [6.45, 7) is 5.69. The van der Waals surface area contributed by atoms with Gasteiger partial charge >= 0.3 is 0 Å². The number of nitrogens with one attached hydrogen (secondary N) is 1. The van der Waals surface area contributed by atoms with E-state index in [0.29, 0.717) is 10.9 Å². The maximum absolute atomic E-state index is 12.7. The van der Waals surface area contributed by atoms with Crippen LogP contribution in [0.1, 0.15) is 26.3 Å². The van der Waals surface area contributed by atoms with Crippen molar-refractivity contribution in [2.45, 2.75) is 38.1 Å². The summed E-state index contributed by atoms with van der Waals surface area (Å²) in [5.41, 5.74) is 1.01. The number of hydrogen-bond acceptors (Lipinski definition) is 4. The average molecular weight is 322 g/mol. The van der Waals surface area contributed by atoms with E-state index in [-0.39, 0.29) is 11.8 Å². The zero-order chi connectivity index (χ0) is 15.6. The van der Waals surface area contributed by atoms with Gasteiger partial charge < -0.3 is 5.32 Å². The van der Waals surface area contributed by atoms with Crippen molar-refractivity contribution < 1.29 is 9.59 Å². The number of benzene rings is 1. The molecule has 1 fully saturated rings. The van der Waals surface area contributed by atoms with Crippen molar-refractivity contribution in [2.24, 2.45) is 0 Å². The Morgan fingerprint density at radius 3 is 2.57 bits per heavy atom. The molecule has 1 saturated heterocycles. The second kappa shape index (κ2) is 6.15. The van der Waals surface area contributed by atoms with E-state index in [1.165, 1.54) is 18.7 Å². The minimum absolute atomic E-state index is 0.150. The van der Waals surface area contributed by atoms with E-state index in [1.807, 2.05) is 44.2 Å². The number of carbonyl (C=O) groups is 2. The van der Waals surface area contributed by atoms with Crippen LogP contribution in [0.15, 0.2) is 30.3 Å². The number of carbonyl (C=O) groups excluding carboxylic acids is 2. The van der Waals surface area contributed by atoms with E-state index < -0.39 is 10.8 Å². The molecule has 1 aliphatic rings. The highest BCUT2D eigenvalue weighted by Crippen LogP contribution is 2.37. The largest absolute Gasteiger partial charge is 0.343 e. The minimum atomic E-state index is -0.574. The number of thiocarbonyl (C=S) groups is 1. The lowest BCUT2D eigenvalue weighted by atomic mass is 10.0. The summed E-state index contributed by atoms with van der Waals surface area (Å²) in [6, 6.07) is 9.11. The molecule has 6 heteroatoms. The molecule has 1 aromatic carbocycles. The van der Waals surface area contributed by atoms with Crippen molar-refractivity contribution in [1.29, 1.82) is 0 Å². The van der Waals surface area contributed by atoms with Gasteiger partial charge in [-0.25, -0.2) is 0 Å². The molecular weight excluding hydrogens is 304 g/mol. The fourth-order valence-electron chi connectivity index (χ4n) is 2.23. The van der Waals surface area contributed by atoms with Crippen molar-refractivity contribution in [3.63, 3.8) is 0 Å². The van der Waals surface area contributed by atoms with Gasteiger partial charge in [-0.05, 0) is 19.4 Å². The normalized spacial score (nSPS) is 21.3. The van der Waals surface area contributed by atoms with Crippen LogP contribution in [0.25, 0.3) is 0 Å². The summed E-state index contributed by atoms with van der Waals surface area (Å²) < 4.78 is 0.1000. The lowest BCUT2D eigenvalue weighted by Gasteiger charge is -2.42. The molecule has 21 heavy (non-hydrogen) atoms. The van der Waals surface area contributed by atoms with Gasteiger partial charge in [0.2, 0.25) is 5.91 Å². The summed E-state index contributed by atoms with van der Waals surface area (Å²) in [5.74, 6) is -0.364. The molecule has 2 rings (SSSR count). The molecule has 0 radical (unpaired) electrons. The van der Waals surface area contributed by atoms with Crippen LogP contribution in [0.3, 0.4) is 0 Å². The van der Waals surface area contributed by atoms with Gasteiger partial charge in [-0.3, -0.25) is 14.5 Å². The SMILES string of the molecule is CC(=O)NC1C(=O)N(Cc2ccccc2)C(=S)SC1(C)C. The number of thioether (sulfide) groups is 1. The first-order valence-electron chi connectivity index (χ1n) is 6.66. The van der Waals surface area contributed by atoms with E-state index >= 15 is 0 Å². The monoisotopic (exact) mass is 322 g/mol. The minimum Gasteiger partial charge on any atom is -0.343 e. The summed E-state index contributed by atoms with van der Waals surface area (Å²) >= 11 is 6.82. The maximum Gasteiger partial charge on any atom is 0.252 e. The van der Waals surface area contributed by atoms with Gasteiger partial charge in [0, 0.05) is 11.7 Å². The first-order chi connectivity index (χ1) is 9.81. The zero-order valence-electron chi connectivity index (χ0n) is 12.3. The highest BCUT2D eigenvalue weighted by Gasteiger charge is 2.45. The van der Waals surface area contributed by atoms with Crippen LogP contribution in [0.4, 0.5) is 0 Å². The van der Waals surface area contributed by atoms with E-state index in [9.17, 15) is 9.59 Å². The smallest absolute Gasteiger partial charge is 0.252 e. The van der Waals surface area contributed by atoms with Gasteiger partial charge in [-0.15, -0.1) is 0 Å². The topological polar surface area (TPSA) is 49.4 Å². The molecule has 2 amide bonds. The highest BCUT2D eigenvalue weighted by atomic mass is 32.2. The van der Waals surface area contributed by atoms with Crippen molar-refractivity contribution in [3.8, 4) is 0 Å². The quantitative estimate of drug-likeness (QED) is 0.868. The predicted octanol–water partition coefficient (Wildman–Crippen LogP) is 2.33. The first kappa shape index (κ1) is 16.0. The molecule has 1 N–H and O–H groups in total. The Balaban J connectivity index is 2.24. The van der Waals surface area contributed by atoms with Crippen LogP contribution in [-0.2, 0) is 16.1 Å². The molecule has 1 atom stereocenters. The summed E-state index contributed by atoms with van der Waals surface area (Å²) in [6.07, 6.45) is 0. The fourth-order valence-corrected chi connectivity index (χ4v) is 4.02. The number of nitrogens with zero attached hydrogens (tertiary/aromatic N) is 1. The molecule has 1 unspecified atom stereocenters. The van der Waals surface area contributed by atoms with Crippen molar-refractivity contribution in [1.82, 2.24) is 10.2 Å². The molecule has 0 aromatic heterocycles. The summed E-state index contributed by atoms with van der Waals surface area (Å²) in [7, 11) is 0. The third kappa shape index (κ3) is 3.63. The third-order valence-corrected chi connectivity index (χ3v) is 4.94. The van der Waals surface area contributed by atoms with Crippen molar-refractivity contribution in [3.05, 3.63) is 35.9 Å². The van der Waals surface area contributed by atoms with Gasteiger partial charge in [0.15, 0.2) is 0 Å². The average Bonchev–Trinajstić information content (AvgIpc) is 2.40. The van der Waals surface area contributed by atoms with Crippen LogP contribution in [0.5, 0.6) is 0 Å². The van der Waals surface area contributed by atoms with E-state index in [2.05, 4.69) is 5.32 Å². The van der Waals surface area contributed by atoms with Crippen molar-refractivity contribution >= 4 is 40.1 Å². The fraction of sp³-hybridized carbons (Fsp3) is 0.400. The molecule has 1 aromatic rings. The van der Waals surface area contributed by atoms with Gasteiger partial charge in [0.25, 0.3) is 5.91 Å². The Morgan fingerprint density at radius 1 is 1.38 bits per heavy atom. The zero-order valence-corrected chi connectivity index (χ0v) is 13.9. The number of rotatable bonds is 3. The Kier molecular flexibility index (Phi) is 4.68. The Morgan fingerprint density at radius 2 is 2.00 bits per heavy atom. The van der Waals surface area contributed by atoms with Crippen LogP contribution < -0.4 is 5.32 Å². The Hall–Kier alpha value is -1.40. The van der Waals surface area contributed by atoms with E-state index in [4.69, 9.17) is 12.2 Å². The van der Waals surface area contributed by atoms with Crippen LogP contribution in [0.2, 0.25) is 0 Å². The van der Waals surface area contributed by atoms with Gasteiger partial charge in [0.1, 0.15) is 10.4 Å². The molecule has 1 aliphatic heterocycles. The second-order valence-electron chi connectivity index (χ2n) is 5.51. The van der Waals surface area contributed by atoms with E-state index in [1.54, 1.807) is 4.90 Å². The van der Waals surface area contributed by atoms with Crippen LogP contribution in [0, 0.1) is 0 Å². The molecule has 0 bridgehead atoms. The lowest BCUT2D eigenvalue weighted by molar-refractivity contribution is -0.134. The molecule has 0 saturated carbocycles. The highest BCUT2D eigenvalue weighted by molar-refractivity contribution is 8.24. The second-order valence-corrected chi connectivity index (χ2v) is 7.80. The first-order valence-corrected chi connectivity index (χ1v) is 7.89. The third-order valence-electron chi connectivity index (χ3n) is 3.31. The molecule has 1 heterocycles. The van der Waals surface area contributed by atoms with Gasteiger partial charge in [0.05, 0.1) is 6.54 Å². The number of amides is 2. The molecule has 0 spiro atoms. The van der Waals surface area contributed by atoms with Crippen LogP contribution >= 0.6 is 24.0 Å². The summed E-state index contributed by atoms with van der Waals surface area (Å²) in [4.78, 5) is 25.6. The molecule has 4 nitrogen and oxygen atoms in total. The van der Waals surface area contributed by atoms with E-state index in [0.717, 1.165) is 5.56 Å².